The van der Waals surface area contributed by atoms with Crippen LogP contribution in [0.1, 0.15) is 33.1 Å². The fourth-order valence-corrected chi connectivity index (χ4v) is 1.19. The van der Waals surface area contributed by atoms with E-state index in [0.29, 0.717) is 12.8 Å². The summed E-state index contributed by atoms with van der Waals surface area (Å²) >= 11 is 0. The molecule has 0 saturated carbocycles. The minimum atomic E-state index is -4.31. The van der Waals surface area contributed by atoms with Gasteiger partial charge in [-0.1, -0.05) is 19.8 Å². The van der Waals surface area contributed by atoms with Gasteiger partial charge in [0, 0.05) is 0 Å². The summed E-state index contributed by atoms with van der Waals surface area (Å²) in [6.45, 7) is 2.54. The summed E-state index contributed by atoms with van der Waals surface area (Å²) in [5.41, 5.74) is 0. The molecular weight excluding hydrogens is 223 g/mol. The number of carbonyl (C=O) groups excluding carboxylic acids is 1. The zero-order chi connectivity index (χ0) is 12.6. The van der Waals surface area contributed by atoms with Gasteiger partial charge in [-0.15, -0.1) is 0 Å². The lowest BCUT2D eigenvalue weighted by Gasteiger charge is -2.17. The third kappa shape index (κ3) is 7.50. The smallest absolute Gasteiger partial charge is 0.401 e. The van der Waals surface area contributed by atoms with E-state index in [-0.39, 0.29) is 6.61 Å². The predicted molar refractivity (Wildman–Crippen MR) is 54.0 cm³/mol. The fraction of sp³-hybridized carbons (Fsp3) is 0.900. The molecule has 1 atom stereocenters. The first-order chi connectivity index (χ1) is 7.40. The lowest BCUT2D eigenvalue weighted by Crippen LogP contribution is -2.42. The van der Waals surface area contributed by atoms with E-state index in [9.17, 15) is 18.0 Å². The van der Waals surface area contributed by atoms with Crippen molar-refractivity contribution >= 4 is 5.97 Å². The molecule has 0 radical (unpaired) electrons. The minimum absolute atomic E-state index is 0.176. The van der Waals surface area contributed by atoms with E-state index in [1.54, 1.807) is 6.92 Å². The van der Waals surface area contributed by atoms with Crippen molar-refractivity contribution in [3.05, 3.63) is 0 Å². The number of carbonyl (C=O) groups is 1. The van der Waals surface area contributed by atoms with Crippen LogP contribution < -0.4 is 5.32 Å². The number of rotatable bonds is 7. The van der Waals surface area contributed by atoms with Gasteiger partial charge in [-0.2, -0.15) is 13.2 Å². The molecule has 0 fully saturated rings. The van der Waals surface area contributed by atoms with Gasteiger partial charge < -0.3 is 4.74 Å². The van der Waals surface area contributed by atoms with E-state index < -0.39 is 24.7 Å². The average Bonchev–Trinajstić information content (AvgIpc) is 2.16. The van der Waals surface area contributed by atoms with Crippen molar-refractivity contribution in [1.82, 2.24) is 5.32 Å². The Hall–Kier alpha value is -0.780. The third-order valence-electron chi connectivity index (χ3n) is 1.97. The van der Waals surface area contributed by atoms with Crippen LogP contribution in [0.2, 0.25) is 0 Å². The van der Waals surface area contributed by atoms with E-state index in [1.165, 1.54) is 0 Å². The molecule has 0 aromatic carbocycles. The molecule has 0 amide bonds. The average molecular weight is 241 g/mol. The molecule has 0 saturated heterocycles. The Morgan fingerprint density at radius 3 is 2.44 bits per heavy atom. The molecular formula is C10H18F3NO2. The summed E-state index contributed by atoms with van der Waals surface area (Å²) in [6, 6.07) is -0.860. The highest BCUT2D eigenvalue weighted by atomic mass is 19.4. The number of nitrogens with one attached hydrogen (secondary N) is 1. The second-order valence-electron chi connectivity index (χ2n) is 3.44. The SMILES string of the molecule is CCCCC(NCC(F)(F)F)C(=O)OCC. The summed E-state index contributed by atoms with van der Waals surface area (Å²) in [5, 5.41) is 2.18. The summed E-state index contributed by atoms with van der Waals surface area (Å²) in [6.07, 6.45) is -2.43. The maximum atomic E-state index is 12.0. The van der Waals surface area contributed by atoms with E-state index >= 15 is 0 Å². The van der Waals surface area contributed by atoms with Crippen LogP contribution >= 0.6 is 0 Å². The molecule has 0 bridgehead atoms. The van der Waals surface area contributed by atoms with E-state index in [4.69, 9.17) is 4.74 Å². The van der Waals surface area contributed by atoms with Crippen molar-refractivity contribution in [1.29, 1.82) is 0 Å². The van der Waals surface area contributed by atoms with Gasteiger partial charge in [-0.25, -0.2) is 0 Å². The largest absolute Gasteiger partial charge is 0.465 e. The van der Waals surface area contributed by atoms with Gasteiger partial charge in [-0.05, 0) is 13.3 Å². The molecule has 0 rings (SSSR count). The zero-order valence-corrected chi connectivity index (χ0v) is 9.56. The first-order valence-electron chi connectivity index (χ1n) is 5.37. The monoisotopic (exact) mass is 241 g/mol. The van der Waals surface area contributed by atoms with Crippen molar-refractivity contribution in [2.24, 2.45) is 0 Å². The van der Waals surface area contributed by atoms with Crippen LogP contribution in [-0.2, 0) is 9.53 Å². The molecule has 3 nitrogen and oxygen atoms in total. The Morgan fingerprint density at radius 2 is 2.00 bits per heavy atom. The van der Waals surface area contributed by atoms with Crippen molar-refractivity contribution in [2.45, 2.75) is 45.3 Å². The number of esters is 1. The standard InChI is InChI=1S/C10H18F3NO2/c1-3-5-6-8(9(15)16-4-2)14-7-10(11,12)13/h8,14H,3-7H2,1-2H3. The van der Waals surface area contributed by atoms with Crippen LogP contribution in [0, 0.1) is 0 Å². The minimum Gasteiger partial charge on any atom is -0.465 e. The Balaban J connectivity index is 4.14. The highest BCUT2D eigenvalue weighted by molar-refractivity contribution is 5.75. The number of hydrogen-bond donors (Lipinski definition) is 1. The van der Waals surface area contributed by atoms with Crippen LogP contribution in [0.3, 0.4) is 0 Å². The van der Waals surface area contributed by atoms with Crippen molar-refractivity contribution in [2.75, 3.05) is 13.2 Å². The van der Waals surface area contributed by atoms with Gasteiger partial charge in [0.1, 0.15) is 6.04 Å². The van der Waals surface area contributed by atoms with Gasteiger partial charge in [0.05, 0.1) is 13.2 Å². The summed E-state index contributed by atoms with van der Waals surface area (Å²) < 4.78 is 40.6. The zero-order valence-electron chi connectivity index (χ0n) is 9.56. The molecule has 0 aromatic rings. The van der Waals surface area contributed by atoms with E-state index in [0.717, 1.165) is 6.42 Å². The molecule has 0 aliphatic heterocycles. The van der Waals surface area contributed by atoms with Crippen LogP contribution in [-0.4, -0.2) is 31.3 Å². The number of ether oxygens (including phenoxy) is 1. The van der Waals surface area contributed by atoms with Gasteiger partial charge in [-0.3, -0.25) is 10.1 Å². The Kier molecular flexibility index (Phi) is 7.12. The van der Waals surface area contributed by atoms with Crippen LogP contribution in [0.15, 0.2) is 0 Å². The second-order valence-corrected chi connectivity index (χ2v) is 3.44. The first kappa shape index (κ1) is 15.2. The van der Waals surface area contributed by atoms with Crippen LogP contribution in [0.25, 0.3) is 0 Å². The summed E-state index contributed by atoms with van der Waals surface area (Å²) in [4.78, 5) is 11.3. The molecule has 0 aliphatic rings. The quantitative estimate of drug-likeness (QED) is 0.695. The van der Waals surface area contributed by atoms with E-state index in [2.05, 4.69) is 5.32 Å². The van der Waals surface area contributed by atoms with Gasteiger partial charge in [0.15, 0.2) is 0 Å². The normalized spacial score (nSPS) is 13.6. The number of alkyl halides is 3. The summed E-state index contributed by atoms with van der Waals surface area (Å²) in [7, 11) is 0. The number of halogens is 3. The van der Waals surface area contributed by atoms with Crippen molar-refractivity contribution < 1.29 is 22.7 Å². The highest BCUT2D eigenvalue weighted by Gasteiger charge is 2.30. The van der Waals surface area contributed by atoms with Gasteiger partial charge in [0.2, 0.25) is 0 Å². The fourth-order valence-electron chi connectivity index (χ4n) is 1.19. The molecule has 0 spiro atoms. The third-order valence-corrected chi connectivity index (χ3v) is 1.97. The Morgan fingerprint density at radius 1 is 1.38 bits per heavy atom. The van der Waals surface area contributed by atoms with Gasteiger partial charge in [0.25, 0.3) is 0 Å². The highest BCUT2D eigenvalue weighted by Crippen LogP contribution is 2.13. The van der Waals surface area contributed by atoms with Crippen LogP contribution in [0.5, 0.6) is 0 Å². The maximum absolute atomic E-state index is 12.0. The molecule has 0 aromatic heterocycles. The molecule has 96 valence electrons. The second kappa shape index (κ2) is 7.49. The lowest BCUT2D eigenvalue weighted by atomic mass is 10.1. The summed E-state index contributed by atoms with van der Waals surface area (Å²) in [5.74, 6) is -0.611. The molecule has 0 heterocycles. The Bertz CT molecular complexity index is 207. The topological polar surface area (TPSA) is 38.3 Å². The number of hydrogen-bond acceptors (Lipinski definition) is 3. The molecule has 16 heavy (non-hydrogen) atoms. The number of unbranched alkanes of at least 4 members (excludes halogenated alkanes) is 1. The van der Waals surface area contributed by atoms with Gasteiger partial charge >= 0.3 is 12.1 Å². The molecule has 6 heteroatoms. The van der Waals surface area contributed by atoms with Crippen molar-refractivity contribution in [3.63, 3.8) is 0 Å². The molecule has 1 N–H and O–H groups in total. The van der Waals surface area contributed by atoms with Crippen molar-refractivity contribution in [3.8, 4) is 0 Å². The lowest BCUT2D eigenvalue weighted by molar-refractivity contribution is -0.149. The predicted octanol–water partition coefficient (Wildman–Crippen LogP) is 2.26. The maximum Gasteiger partial charge on any atom is 0.401 e. The molecule has 1 unspecified atom stereocenters. The Labute approximate surface area is 93.3 Å². The molecule has 0 aliphatic carbocycles. The van der Waals surface area contributed by atoms with E-state index in [1.807, 2.05) is 6.92 Å². The van der Waals surface area contributed by atoms with Crippen LogP contribution in [0.4, 0.5) is 13.2 Å². The first-order valence-corrected chi connectivity index (χ1v) is 5.37.